The summed E-state index contributed by atoms with van der Waals surface area (Å²) in [5.41, 5.74) is 1.70. The van der Waals surface area contributed by atoms with Crippen molar-refractivity contribution in [1.29, 1.82) is 0 Å². The predicted molar refractivity (Wildman–Crippen MR) is 106 cm³/mol. The second-order valence-corrected chi connectivity index (χ2v) is 8.00. The number of aromatic nitrogens is 2. The molecule has 0 spiro atoms. The molecule has 0 atom stereocenters. The zero-order valence-electron chi connectivity index (χ0n) is 15.3. The molecule has 0 amide bonds. The van der Waals surface area contributed by atoms with Crippen molar-refractivity contribution < 1.29 is 9.67 Å². The molecular weight excluding hydrogens is 360 g/mol. The quantitative estimate of drug-likeness (QED) is 0.325. The molecule has 0 aliphatic carbocycles. The molecule has 0 aliphatic heterocycles. The lowest BCUT2D eigenvalue weighted by atomic mass is 9.88. The number of hydrogen-bond donors (Lipinski definition) is 1. The summed E-state index contributed by atoms with van der Waals surface area (Å²) in [6, 6.07) is 12.7. The Balaban J connectivity index is 1.87. The van der Waals surface area contributed by atoms with Crippen LogP contribution in [0.4, 0.5) is 0 Å². The molecule has 0 unspecified atom stereocenters. The van der Waals surface area contributed by atoms with Gasteiger partial charge in [-0.15, -0.1) is 0 Å². The van der Waals surface area contributed by atoms with E-state index in [1.54, 1.807) is 24.3 Å². The van der Waals surface area contributed by atoms with Crippen LogP contribution >= 0.6 is 11.3 Å². The molecule has 0 bridgehead atoms. The van der Waals surface area contributed by atoms with Gasteiger partial charge in [0.25, 0.3) is 0 Å². The maximum atomic E-state index is 12.0. The van der Waals surface area contributed by atoms with E-state index < -0.39 is 5.90 Å². The molecular formula is C20H20N4O2S. The van der Waals surface area contributed by atoms with Gasteiger partial charge in [-0.2, -0.15) is 15.2 Å². The van der Waals surface area contributed by atoms with Gasteiger partial charge in [0, 0.05) is 5.90 Å². The Morgan fingerprint density at radius 1 is 1.15 bits per heavy atom. The van der Waals surface area contributed by atoms with E-state index in [4.69, 9.17) is 0 Å². The Bertz CT molecular complexity index is 1030. The van der Waals surface area contributed by atoms with E-state index in [1.165, 1.54) is 11.8 Å². The fourth-order valence-electron chi connectivity index (χ4n) is 2.46. The van der Waals surface area contributed by atoms with Crippen molar-refractivity contribution in [1.82, 2.24) is 4.98 Å². The van der Waals surface area contributed by atoms with Gasteiger partial charge in [-0.1, -0.05) is 51.1 Å². The fourth-order valence-corrected chi connectivity index (χ4v) is 3.16. The van der Waals surface area contributed by atoms with Crippen LogP contribution < -0.4 is 14.5 Å². The van der Waals surface area contributed by atoms with Crippen molar-refractivity contribution in [2.45, 2.75) is 26.2 Å². The first-order valence-corrected chi connectivity index (χ1v) is 9.25. The van der Waals surface area contributed by atoms with Crippen LogP contribution in [0.15, 0.2) is 69.9 Å². The minimum absolute atomic E-state index is 0.0438. The van der Waals surface area contributed by atoms with Gasteiger partial charge >= 0.3 is 10.7 Å². The topological polar surface area (TPSA) is 84.5 Å². The third-order valence-corrected chi connectivity index (χ3v) is 4.76. The molecule has 1 aromatic carbocycles. The van der Waals surface area contributed by atoms with E-state index in [2.05, 4.69) is 36.0 Å². The van der Waals surface area contributed by atoms with Crippen LogP contribution in [0.2, 0.25) is 0 Å². The molecule has 2 aromatic heterocycles. The molecule has 27 heavy (non-hydrogen) atoms. The summed E-state index contributed by atoms with van der Waals surface area (Å²) in [5, 5.41) is 19.5. The van der Waals surface area contributed by atoms with Crippen LogP contribution in [-0.4, -0.2) is 17.1 Å². The van der Waals surface area contributed by atoms with E-state index in [1.807, 2.05) is 35.2 Å². The average Bonchev–Trinajstić information content (AvgIpc) is 3.02. The summed E-state index contributed by atoms with van der Waals surface area (Å²) in [7, 11) is 0. The van der Waals surface area contributed by atoms with Crippen LogP contribution in [0, 0.1) is 0 Å². The van der Waals surface area contributed by atoms with E-state index in [0.717, 1.165) is 11.3 Å². The Hall–Kier alpha value is -3.06. The predicted octanol–water partition coefficient (Wildman–Crippen LogP) is 2.15. The second kappa shape index (κ2) is 7.67. The third kappa shape index (κ3) is 4.57. The molecule has 1 N–H and O–H groups in total. The summed E-state index contributed by atoms with van der Waals surface area (Å²) < 4.78 is 1.81. The summed E-state index contributed by atoms with van der Waals surface area (Å²) in [4.78, 5) is 15.0. The van der Waals surface area contributed by atoms with Crippen molar-refractivity contribution in [3.8, 4) is 5.82 Å². The van der Waals surface area contributed by atoms with Crippen LogP contribution in [-0.2, 0) is 5.41 Å². The van der Waals surface area contributed by atoms with Gasteiger partial charge in [0.1, 0.15) is 4.88 Å². The zero-order chi connectivity index (χ0) is 19.4. The lowest BCUT2D eigenvalue weighted by Crippen LogP contribution is -2.32. The molecule has 0 fully saturated rings. The molecule has 7 heteroatoms. The van der Waals surface area contributed by atoms with Gasteiger partial charge in [-0.25, -0.2) is 9.36 Å². The number of aromatic amines is 1. The van der Waals surface area contributed by atoms with E-state index >= 15 is 0 Å². The first kappa shape index (κ1) is 18.7. The molecule has 3 rings (SSSR count). The Morgan fingerprint density at radius 3 is 2.44 bits per heavy atom. The Morgan fingerprint density at radius 2 is 1.81 bits per heavy atom. The number of thiazole rings is 1. The third-order valence-electron chi connectivity index (χ3n) is 3.95. The first-order valence-electron chi connectivity index (χ1n) is 8.43. The van der Waals surface area contributed by atoms with Crippen molar-refractivity contribution >= 4 is 23.4 Å². The number of hydrogen-bond acceptors (Lipinski definition) is 5. The van der Waals surface area contributed by atoms with E-state index in [-0.39, 0.29) is 10.3 Å². The van der Waals surface area contributed by atoms with Crippen molar-refractivity contribution in [3.05, 3.63) is 80.5 Å². The lowest BCUT2D eigenvalue weighted by molar-refractivity contribution is -0.599. The molecule has 2 heterocycles. The summed E-state index contributed by atoms with van der Waals surface area (Å²) in [6.07, 6.45) is 5.20. The standard InChI is InChI=1S/C20H20N4O2S/c1-20(2,3)15-9-11-24(12-10-15)17-16(27-19(26)22-17)13-21-23-18(25)14-7-5-4-6-8-14/h4-13H,1-3H3,(H-,21,22,23,25,26). The molecule has 138 valence electrons. The second-order valence-electron chi connectivity index (χ2n) is 6.99. The molecule has 3 aromatic rings. The molecule has 0 saturated carbocycles. The van der Waals surface area contributed by atoms with Crippen molar-refractivity contribution in [2.75, 3.05) is 0 Å². The highest BCUT2D eigenvalue weighted by molar-refractivity contribution is 7.11. The number of nitrogens with zero attached hydrogens (tertiary/aromatic N) is 3. The van der Waals surface area contributed by atoms with Gasteiger partial charge in [0.05, 0.1) is 18.6 Å². The van der Waals surface area contributed by atoms with Gasteiger partial charge in [-0.05, 0) is 40.0 Å². The van der Waals surface area contributed by atoms with Crippen LogP contribution in [0.3, 0.4) is 0 Å². The van der Waals surface area contributed by atoms with Crippen molar-refractivity contribution in [3.63, 3.8) is 0 Å². The van der Waals surface area contributed by atoms with Gasteiger partial charge in [0.15, 0.2) is 0 Å². The average molecular weight is 380 g/mol. The number of H-pyrrole nitrogens is 1. The lowest BCUT2D eigenvalue weighted by Gasteiger charge is -2.18. The van der Waals surface area contributed by atoms with Crippen molar-refractivity contribution in [2.24, 2.45) is 10.2 Å². The summed E-state index contributed by atoms with van der Waals surface area (Å²) in [5.74, 6) is 0.162. The molecule has 0 radical (unpaired) electrons. The van der Waals surface area contributed by atoms with Crippen LogP contribution in [0.1, 0.15) is 36.8 Å². The largest absolute Gasteiger partial charge is 0.857 e. The highest BCUT2D eigenvalue weighted by Crippen LogP contribution is 2.20. The minimum Gasteiger partial charge on any atom is -0.857 e. The SMILES string of the molecule is CC(C)(C)c1cc[n+](-c2[nH]c(=O)sc2C=N/N=C(\[O-])c2ccccc2)cc1. The molecule has 6 nitrogen and oxygen atoms in total. The molecule has 0 aliphatic rings. The van der Waals surface area contributed by atoms with Gasteiger partial charge in [-0.3, -0.25) is 0 Å². The highest BCUT2D eigenvalue weighted by atomic mass is 32.1. The minimum atomic E-state index is -0.432. The Labute approximate surface area is 161 Å². The number of rotatable bonds is 4. The van der Waals surface area contributed by atoms with Crippen LogP contribution in [0.5, 0.6) is 0 Å². The van der Waals surface area contributed by atoms with E-state index in [9.17, 15) is 9.90 Å². The number of nitrogens with one attached hydrogen (secondary N) is 1. The maximum Gasteiger partial charge on any atom is 0.390 e. The zero-order valence-corrected chi connectivity index (χ0v) is 16.2. The normalized spacial score (nSPS) is 12.6. The molecule has 0 saturated heterocycles. The monoisotopic (exact) mass is 380 g/mol. The fraction of sp³-hybridized carbons (Fsp3) is 0.200. The highest BCUT2D eigenvalue weighted by Gasteiger charge is 2.18. The first-order chi connectivity index (χ1) is 12.8. The number of pyridine rings is 1. The summed E-state index contributed by atoms with van der Waals surface area (Å²) in [6.45, 7) is 6.42. The number of benzene rings is 1. The van der Waals surface area contributed by atoms with Gasteiger partial charge in [0.2, 0.25) is 0 Å². The maximum absolute atomic E-state index is 12.0. The summed E-state index contributed by atoms with van der Waals surface area (Å²) >= 11 is 1.01. The Kier molecular flexibility index (Phi) is 5.32. The smallest absolute Gasteiger partial charge is 0.390 e. The van der Waals surface area contributed by atoms with Crippen LogP contribution in [0.25, 0.3) is 5.82 Å². The van der Waals surface area contributed by atoms with E-state index in [0.29, 0.717) is 16.3 Å². The van der Waals surface area contributed by atoms with Gasteiger partial charge < -0.3 is 5.11 Å².